The summed E-state index contributed by atoms with van der Waals surface area (Å²) >= 11 is 0. The van der Waals surface area contributed by atoms with E-state index in [1.54, 1.807) is 7.05 Å². The van der Waals surface area contributed by atoms with Gasteiger partial charge < -0.3 is 5.43 Å². The van der Waals surface area contributed by atoms with Gasteiger partial charge in [-0.1, -0.05) is 42.5 Å². The zero-order chi connectivity index (χ0) is 15.4. The maximum Gasteiger partial charge on any atom is 0.173 e. The molecule has 4 nitrogen and oxygen atoms in total. The zero-order valence-electron chi connectivity index (χ0n) is 12.8. The Hall–Kier alpha value is -2.62. The lowest BCUT2D eigenvalue weighted by Gasteiger charge is -2.12. The number of amidine groups is 1. The molecular formula is C18H20N4. The summed E-state index contributed by atoms with van der Waals surface area (Å²) < 4.78 is 0. The summed E-state index contributed by atoms with van der Waals surface area (Å²) in [5.41, 5.74) is 12.0. The standard InChI is InChI=1S/C18H20N4/c1-19-21-18(22-20-2)17-9-4-3-8-16(17)15-11-10-13-6-5-7-14(13)12-15/h3-4,8-12,20H,1,5-7H2,2H3,(H,21,22). The molecular weight excluding hydrogens is 272 g/mol. The second-order valence-electron chi connectivity index (χ2n) is 5.34. The second-order valence-corrected chi connectivity index (χ2v) is 5.34. The maximum atomic E-state index is 4.26. The van der Waals surface area contributed by atoms with E-state index in [1.165, 1.54) is 36.0 Å². The average Bonchev–Trinajstić information content (AvgIpc) is 3.02. The van der Waals surface area contributed by atoms with Crippen molar-refractivity contribution in [2.75, 3.05) is 7.05 Å². The molecule has 0 aliphatic heterocycles. The summed E-state index contributed by atoms with van der Waals surface area (Å²) in [6, 6.07) is 15.0. The molecule has 0 bridgehead atoms. The lowest BCUT2D eigenvalue weighted by Crippen LogP contribution is -2.22. The van der Waals surface area contributed by atoms with Crippen molar-refractivity contribution in [3.05, 3.63) is 59.2 Å². The van der Waals surface area contributed by atoms with Crippen LogP contribution in [0, 0.1) is 0 Å². The topological polar surface area (TPSA) is 48.8 Å². The molecule has 2 aromatic rings. The van der Waals surface area contributed by atoms with Crippen molar-refractivity contribution in [1.29, 1.82) is 0 Å². The first kappa shape index (κ1) is 14.3. The second kappa shape index (κ2) is 6.43. The first-order valence-corrected chi connectivity index (χ1v) is 7.51. The van der Waals surface area contributed by atoms with Crippen LogP contribution in [0.4, 0.5) is 0 Å². The van der Waals surface area contributed by atoms with E-state index in [-0.39, 0.29) is 0 Å². The van der Waals surface area contributed by atoms with Crippen molar-refractivity contribution < 1.29 is 0 Å². The Morgan fingerprint density at radius 1 is 1.09 bits per heavy atom. The van der Waals surface area contributed by atoms with Gasteiger partial charge in [-0.2, -0.15) is 10.2 Å². The van der Waals surface area contributed by atoms with Gasteiger partial charge in [-0.05, 0) is 41.5 Å². The highest BCUT2D eigenvalue weighted by Crippen LogP contribution is 2.30. The van der Waals surface area contributed by atoms with E-state index in [4.69, 9.17) is 0 Å². The molecule has 0 amide bonds. The Morgan fingerprint density at radius 2 is 1.91 bits per heavy atom. The van der Waals surface area contributed by atoms with E-state index in [0.717, 1.165) is 11.1 Å². The number of hydrogen-bond acceptors (Lipinski definition) is 3. The Balaban J connectivity index is 2.08. The first-order chi connectivity index (χ1) is 10.8. The van der Waals surface area contributed by atoms with Crippen LogP contribution in [0.2, 0.25) is 0 Å². The molecule has 4 heteroatoms. The van der Waals surface area contributed by atoms with Gasteiger partial charge in [0.05, 0.1) is 0 Å². The van der Waals surface area contributed by atoms with E-state index >= 15 is 0 Å². The van der Waals surface area contributed by atoms with Crippen molar-refractivity contribution in [2.24, 2.45) is 10.2 Å². The van der Waals surface area contributed by atoms with Crippen molar-refractivity contribution in [2.45, 2.75) is 19.3 Å². The monoisotopic (exact) mass is 292 g/mol. The Labute approximate surface area is 131 Å². The third-order valence-electron chi connectivity index (χ3n) is 4.00. The molecule has 0 aromatic heterocycles. The third-order valence-corrected chi connectivity index (χ3v) is 4.00. The number of rotatable bonds is 4. The average molecular weight is 292 g/mol. The molecule has 0 radical (unpaired) electrons. The van der Waals surface area contributed by atoms with Gasteiger partial charge in [0, 0.05) is 19.3 Å². The Morgan fingerprint density at radius 3 is 2.73 bits per heavy atom. The minimum Gasteiger partial charge on any atom is -0.311 e. The highest BCUT2D eigenvalue weighted by Gasteiger charge is 2.14. The van der Waals surface area contributed by atoms with E-state index in [2.05, 4.69) is 52.0 Å². The van der Waals surface area contributed by atoms with Gasteiger partial charge in [0.2, 0.25) is 0 Å². The van der Waals surface area contributed by atoms with Gasteiger partial charge in [-0.15, -0.1) is 0 Å². The highest BCUT2D eigenvalue weighted by atomic mass is 15.4. The van der Waals surface area contributed by atoms with E-state index in [0.29, 0.717) is 5.84 Å². The first-order valence-electron chi connectivity index (χ1n) is 7.51. The molecule has 0 atom stereocenters. The molecule has 0 saturated heterocycles. The Kier molecular flexibility index (Phi) is 4.19. The van der Waals surface area contributed by atoms with Gasteiger partial charge in [0.15, 0.2) is 5.84 Å². The van der Waals surface area contributed by atoms with Crippen LogP contribution in [0.5, 0.6) is 0 Å². The number of hydrazone groups is 2. The largest absolute Gasteiger partial charge is 0.311 e. The minimum absolute atomic E-state index is 0.661. The van der Waals surface area contributed by atoms with Crippen molar-refractivity contribution in [3.8, 4) is 11.1 Å². The van der Waals surface area contributed by atoms with Crippen LogP contribution < -0.4 is 10.9 Å². The van der Waals surface area contributed by atoms with Crippen LogP contribution in [0.25, 0.3) is 11.1 Å². The van der Waals surface area contributed by atoms with E-state index < -0.39 is 0 Å². The van der Waals surface area contributed by atoms with Crippen molar-refractivity contribution >= 4 is 12.6 Å². The Bertz CT molecular complexity index is 719. The minimum atomic E-state index is 0.661. The number of nitrogens with one attached hydrogen (secondary N) is 2. The number of benzene rings is 2. The maximum absolute atomic E-state index is 4.26. The molecule has 2 aromatic carbocycles. The summed E-state index contributed by atoms with van der Waals surface area (Å²) in [7, 11) is 1.77. The van der Waals surface area contributed by atoms with E-state index in [1.807, 2.05) is 18.2 Å². The van der Waals surface area contributed by atoms with Gasteiger partial charge in [0.1, 0.15) is 0 Å². The summed E-state index contributed by atoms with van der Waals surface area (Å²) in [5.74, 6) is 0.661. The molecule has 22 heavy (non-hydrogen) atoms. The van der Waals surface area contributed by atoms with E-state index in [9.17, 15) is 0 Å². The number of hydrogen-bond donors (Lipinski definition) is 2. The lowest BCUT2D eigenvalue weighted by atomic mass is 9.96. The van der Waals surface area contributed by atoms with Gasteiger partial charge >= 0.3 is 0 Å². The zero-order valence-corrected chi connectivity index (χ0v) is 12.8. The van der Waals surface area contributed by atoms with Crippen LogP contribution in [0.1, 0.15) is 23.1 Å². The summed E-state index contributed by atoms with van der Waals surface area (Å²) in [4.78, 5) is 0. The van der Waals surface area contributed by atoms with Crippen LogP contribution in [0.15, 0.2) is 52.7 Å². The number of aryl methyl sites for hydroxylation is 2. The van der Waals surface area contributed by atoms with Gasteiger partial charge in [-0.25, -0.2) is 0 Å². The number of nitrogens with zero attached hydrogens (tertiary/aromatic N) is 2. The molecule has 0 unspecified atom stereocenters. The van der Waals surface area contributed by atoms with Crippen LogP contribution in [-0.2, 0) is 12.8 Å². The molecule has 112 valence electrons. The SMILES string of the molecule is C=NNC(=NNC)c1ccccc1-c1ccc2c(c1)CCC2. The van der Waals surface area contributed by atoms with Gasteiger partial charge in [0.25, 0.3) is 0 Å². The molecule has 0 saturated carbocycles. The quantitative estimate of drug-likeness (QED) is 0.517. The molecule has 2 N–H and O–H groups in total. The normalized spacial score (nSPS) is 13.6. The summed E-state index contributed by atoms with van der Waals surface area (Å²) in [6.07, 6.45) is 3.63. The summed E-state index contributed by atoms with van der Waals surface area (Å²) in [5, 5.41) is 8.02. The van der Waals surface area contributed by atoms with Crippen LogP contribution in [0.3, 0.4) is 0 Å². The molecule has 0 fully saturated rings. The fourth-order valence-electron chi connectivity index (χ4n) is 3.01. The van der Waals surface area contributed by atoms with Crippen LogP contribution >= 0.6 is 0 Å². The molecule has 1 aliphatic carbocycles. The smallest absolute Gasteiger partial charge is 0.173 e. The van der Waals surface area contributed by atoms with Crippen molar-refractivity contribution in [3.63, 3.8) is 0 Å². The molecule has 0 spiro atoms. The fourth-order valence-corrected chi connectivity index (χ4v) is 3.01. The lowest BCUT2D eigenvalue weighted by molar-refractivity contribution is 0.874. The fraction of sp³-hybridized carbons (Fsp3) is 0.222. The summed E-state index contributed by atoms with van der Waals surface area (Å²) in [6.45, 7) is 3.49. The predicted molar refractivity (Wildman–Crippen MR) is 92.2 cm³/mol. The predicted octanol–water partition coefficient (Wildman–Crippen LogP) is 2.93. The number of fused-ring (bicyclic) bond motifs is 1. The molecule has 0 heterocycles. The third kappa shape index (κ3) is 2.72. The van der Waals surface area contributed by atoms with Crippen LogP contribution in [-0.4, -0.2) is 19.6 Å². The highest BCUT2D eigenvalue weighted by molar-refractivity contribution is 6.04. The molecule has 1 aliphatic rings. The molecule has 3 rings (SSSR count). The van der Waals surface area contributed by atoms with Gasteiger partial charge in [-0.3, -0.25) is 5.43 Å². The van der Waals surface area contributed by atoms with Crippen molar-refractivity contribution in [1.82, 2.24) is 10.9 Å².